The Morgan fingerprint density at radius 1 is 0.881 bits per heavy atom. The van der Waals surface area contributed by atoms with Gasteiger partial charge in [0.05, 0.1) is 29.4 Å². The second-order valence-electron chi connectivity index (χ2n) is 9.80. The first-order valence-electron chi connectivity index (χ1n) is 13.4. The van der Waals surface area contributed by atoms with E-state index in [-0.39, 0.29) is 22.3 Å². The lowest BCUT2D eigenvalue weighted by molar-refractivity contribution is -0.384. The molecule has 0 radical (unpaired) electrons. The number of thiocarbonyl (C=S) groups is 1. The van der Waals surface area contributed by atoms with E-state index >= 15 is 0 Å². The van der Waals surface area contributed by atoms with Crippen molar-refractivity contribution in [3.63, 3.8) is 0 Å². The highest BCUT2D eigenvalue weighted by atomic mass is 35.5. The Bertz CT molecular complexity index is 1470. The highest BCUT2D eigenvalue weighted by molar-refractivity contribution is 7.80. The van der Waals surface area contributed by atoms with Crippen molar-refractivity contribution in [3.8, 4) is 0 Å². The second-order valence-corrected chi connectivity index (χ2v) is 10.6. The van der Waals surface area contributed by atoms with Crippen molar-refractivity contribution < 1.29 is 19.2 Å². The van der Waals surface area contributed by atoms with Crippen molar-refractivity contribution in [2.75, 3.05) is 67.6 Å². The molecule has 2 heterocycles. The molecule has 11 nitrogen and oxygen atoms in total. The van der Waals surface area contributed by atoms with Crippen LogP contribution in [0.25, 0.3) is 0 Å². The van der Waals surface area contributed by atoms with Gasteiger partial charge < -0.3 is 24.8 Å². The van der Waals surface area contributed by atoms with Gasteiger partial charge in [-0.05, 0) is 66.8 Å². The van der Waals surface area contributed by atoms with E-state index in [1.807, 2.05) is 34.1 Å². The Balaban J connectivity index is 1.17. The Kier molecular flexibility index (Phi) is 9.15. The highest BCUT2D eigenvalue weighted by Crippen LogP contribution is 2.27. The van der Waals surface area contributed by atoms with Gasteiger partial charge in [0.15, 0.2) is 5.11 Å². The van der Waals surface area contributed by atoms with Crippen molar-refractivity contribution in [3.05, 3.63) is 93.0 Å². The molecular weight excluding hydrogens is 580 g/mol. The molecule has 13 heteroatoms. The third-order valence-corrected chi connectivity index (χ3v) is 7.62. The summed E-state index contributed by atoms with van der Waals surface area (Å²) >= 11 is 11.3. The number of hydrogen-bond donors (Lipinski definition) is 2. The maximum Gasteiger partial charge on any atom is 0.270 e. The number of benzene rings is 3. The third kappa shape index (κ3) is 6.96. The van der Waals surface area contributed by atoms with Gasteiger partial charge in [0.25, 0.3) is 17.5 Å². The van der Waals surface area contributed by atoms with Crippen LogP contribution in [0.5, 0.6) is 0 Å². The third-order valence-electron chi connectivity index (χ3n) is 7.16. The Labute approximate surface area is 253 Å². The fourth-order valence-corrected chi connectivity index (χ4v) is 5.27. The number of amides is 2. The number of hydrogen-bond acceptors (Lipinski definition) is 8. The molecule has 2 aliphatic rings. The van der Waals surface area contributed by atoms with Crippen molar-refractivity contribution in [1.29, 1.82) is 0 Å². The topological polar surface area (TPSA) is 120 Å². The number of nitrogens with one attached hydrogen (secondary N) is 2. The number of nitrogens with zero attached hydrogens (tertiary/aromatic N) is 4. The maximum absolute atomic E-state index is 13.2. The first-order chi connectivity index (χ1) is 20.3. The number of rotatable bonds is 6. The molecule has 3 aromatic rings. The van der Waals surface area contributed by atoms with Crippen LogP contribution in [0.15, 0.2) is 66.7 Å². The average Bonchev–Trinajstić information content (AvgIpc) is 3.01. The normalized spacial score (nSPS) is 15.2. The van der Waals surface area contributed by atoms with Gasteiger partial charge in [-0.25, -0.2) is 0 Å². The summed E-state index contributed by atoms with van der Waals surface area (Å²) < 4.78 is 5.39. The molecule has 0 saturated carbocycles. The average molecular weight is 609 g/mol. The van der Waals surface area contributed by atoms with Gasteiger partial charge in [-0.1, -0.05) is 11.6 Å². The monoisotopic (exact) mass is 608 g/mol. The SMILES string of the molecule is O=C(NC(=S)Nc1ccc(N2CCN(C(=O)c3ccc(Cl)cc3)CC2)cc1)c1cc([N+](=O)[O-])ccc1N1CCOCC1. The van der Waals surface area contributed by atoms with Crippen LogP contribution in [0, 0.1) is 10.1 Å². The number of non-ortho nitro benzene ring substituents is 1. The summed E-state index contributed by atoms with van der Waals surface area (Å²) in [5.74, 6) is -0.552. The van der Waals surface area contributed by atoms with Gasteiger partial charge in [0.2, 0.25) is 0 Å². The quantitative estimate of drug-likeness (QED) is 0.241. The largest absolute Gasteiger partial charge is 0.378 e. The smallest absolute Gasteiger partial charge is 0.270 e. The zero-order valence-electron chi connectivity index (χ0n) is 22.6. The Morgan fingerprint density at radius 3 is 2.19 bits per heavy atom. The van der Waals surface area contributed by atoms with Crippen LogP contribution >= 0.6 is 23.8 Å². The molecule has 2 amide bonds. The molecule has 0 aromatic heterocycles. The summed E-state index contributed by atoms with van der Waals surface area (Å²) in [6.07, 6.45) is 0. The molecule has 3 aromatic carbocycles. The molecule has 2 N–H and O–H groups in total. The molecule has 2 saturated heterocycles. The van der Waals surface area contributed by atoms with E-state index in [1.165, 1.54) is 12.1 Å². The summed E-state index contributed by atoms with van der Waals surface area (Å²) in [7, 11) is 0. The molecule has 2 aliphatic heterocycles. The minimum atomic E-state index is -0.541. The maximum atomic E-state index is 13.2. The van der Waals surface area contributed by atoms with Crippen LogP contribution in [0.2, 0.25) is 5.02 Å². The molecule has 2 fully saturated rings. The molecule has 0 aliphatic carbocycles. The van der Waals surface area contributed by atoms with Gasteiger partial charge in [0, 0.05) is 73.4 Å². The number of carbonyl (C=O) groups excluding carboxylic acids is 2. The minimum Gasteiger partial charge on any atom is -0.378 e. The van der Waals surface area contributed by atoms with Gasteiger partial charge in [-0.3, -0.25) is 25.0 Å². The molecule has 42 heavy (non-hydrogen) atoms. The van der Waals surface area contributed by atoms with E-state index in [4.69, 9.17) is 28.6 Å². The number of nitro benzene ring substituents is 1. The molecule has 0 spiro atoms. The number of halogens is 1. The number of carbonyl (C=O) groups is 2. The summed E-state index contributed by atoms with van der Waals surface area (Å²) in [5.41, 5.74) is 2.87. The van der Waals surface area contributed by atoms with Crippen LogP contribution < -0.4 is 20.4 Å². The molecule has 218 valence electrons. The minimum absolute atomic E-state index is 0.0106. The number of morpholine rings is 1. The molecule has 0 unspecified atom stereocenters. The molecule has 0 atom stereocenters. The zero-order valence-corrected chi connectivity index (χ0v) is 24.2. The predicted octanol–water partition coefficient (Wildman–Crippen LogP) is 4.17. The van der Waals surface area contributed by atoms with E-state index < -0.39 is 10.8 Å². The van der Waals surface area contributed by atoms with Crippen LogP contribution in [0.1, 0.15) is 20.7 Å². The van der Waals surface area contributed by atoms with Gasteiger partial charge >= 0.3 is 0 Å². The van der Waals surface area contributed by atoms with Gasteiger partial charge in [-0.15, -0.1) is 0 Å². The van der Waals surface area contributed by atoms with E-state index in [1.54, 1.807) is 30.3 Å². The summed E-state index contributed by atoms with van der Waals surface area (Å²) in [5, 5.41) is 17.7. The van der Waals surface area contributed by atoms with Crippen LogP contribution in [0.3, 0.4) is 0 Å². The van der Waals surface area contributed by atoms with E-state index in [0.29, 0.717) is 74.4 Å². The fourth-order valence-electron chi connectivity index (χ4n) is 4.93. The van der Waals surface area contributed by atoms with Crippen LogP contribution in [-0.4, -0.2) is 79.2 Å². The number of anilines is 3. The van der Waals surface area contributed by atoms with Crippen LogP contribution in [0.4, 0.5) is 22.7 Å². The van der Waals surface area contributed by atoms with Crippen molar-refractivity contribution in [2.45, 2.75) is 0 Å². The Morgan fingerprint density at radius 2 is 1.55 bits per heavy atom. The zero-order chi connectivity index (χ0) is 29.6. The number of nitro groups is 1. The number of ether oxygens (including phenoxy) is 1. The summed E-state index contributed by atoms with van der Waals surface area (Å²) in [6.45, 7) is 4.73. The highest BCUT2D eigenvalue weighted by Gasteiger charge is 2.24. The lowest BCUT2D eigenvalue weighted by Crippen LogP contribution is -2.48. The van der Waals surface area contributed by atoms with Gasteiger partial charge in [-0.2, -0.15) is 0 Å². The van der Waals surface area contributed by atoms with Crippen LogP contribution in [-0.2, 0) is 4.74 Å². The summed E-state index contributed by atoms with van der Waals surface area (Å²) in [4.78, 5) is 42.8. The van der Waals surface area contributed by atoms with E-state index in [2.05, 4.69) is 15.5 Å². The Hall–Kier alpha value is -4.26. The standard InChI is InChI=1S/C29H29ClN6O5S/c30-21-3-1-20(2-4-21)28(38)35-13-11-33(12-14-35)23-7-5-22(6-8-23)31-29(42)32-27(37)25-19-24(36(39)40)9-10-26(25)34-15-17-41-18-16-34/h1-10,19H,11-18H2,(H2,31,32,37,42). The molecule has 5 rings (SSSR count). The number of piperazine rings is 1. The first-order valence-corrected chi connectivity index (χ1v) is 14.2. The first kappa shape index (κ1) is 29.2. The summed E-state index contributed by atoms with van der Waals surface area (Å²) in [6, 6.07) is 18.7. The second kappa shape index (κ2) is 13.1. The molecule has 0 bridgehead atoms. The predicted molar refractivity (Wildman–Crippen MR) is 166 cm³/mol. The lowest BCUT2D eigenvalue weighted by atomic mass is 10.1. The lowest BCUT2D eigenvalue weighted by Gasteiger charge is -2.36. The van der Waals surface area contributed by atoms with Crippen molar-refractivity contribution in [2.24, 2.45) is 0 Å². The van der Waals surface area contributed by atoms with Crippen molar-refractivity contribution >= 4 is 63.5 Å². The van der Waals surface area contributed by atoms with Crippen molar-refractivity contribution in [1.82, 2.24) is 10.2 Å². The van der Waals surface area contributed by atoms with E-state index in [9.17, 15) is 19.7 Å². The molecular formula is C29H29ClN6O5S. The van der Waals surface area contributed by atoms with Gasteiger partial charge in [0.1, 0.15) is 0 Å². The van der Waals surface area contributed by atoms with E-state index in [0.717, 1.165) is 5.69 Å². The fraction of sp³-hybridized carbons (Fsp3) is 0.276.